The van der Waals surface area contributed by atoms with E-state index in [-0.39, 0.29) is 24.2 Å². The van der Waals surface area contributed by atoms with Gasteiger partial charge >= 0.3 is 5.97 Å². The van der Waals surface area contributed by atoms with Gasteiger partial charge in [0.25, 0.3) is 0 Å². The van der Waals surface area contributed by atoms with Gasteiger partial charge in [-0.2, -0.15) is 0 Å². The first-order valence-corrected chi connectivity index (χ1v) is 9.62. The molecule has 0 aliphatic carbocycles. The molecule has 0 heterocycles. The van der Waals surface area contributed by atoms with Crippen LogP contribution in [0.15, 0.2) is 0 Å². The van der Waals surface area contributed by atoms with Crippen LogP contribution >= 0.6 is 0 Å². The Kier molecular flexibility index (Phi) is 11.9. The van der Waals surface area contributed by atoms with Crippen molar-refractivity contribution in [2.45, 2.75) is 40.0 Å². The van der Waals surface area contributed by atoms with Gasteiger partial charge in [0, 0.05) is 12.3 Å². The lowest BCUT2D eigenvalue weighted by Gasteiger charge is -2.21. The van der Waals surface area contributed by atoms with Gasteiger partial charge in [0.2, 0.25) is 0 Å². The molecule has 0 rings (SSSR count). The molecule has 0 aliphatic rings. The summed E-state index contributed by atoms with van der Waals surface area (Å²) >= 11 is -0.846. The third-order valence-corrected chi connectivity index (χ3v) is 4.99. The second-order valence-electron chi connectivity index (χ2n) is 6.34. The molecule has 0 saturated carbocycles. The number of carbonyl (C=O) groups excluding carboxylic acids is 1. The molecule has 0 aromatic rings. The van der Waals surface area contributed by atoms with Crippen LogP contribution < -0.4 is 0 Å². The van der Waals surface area contributed by atoms with Crippen molar-refractivity contribution in [3.63, 3.8) is 0 Å². The van der Waals surface area contributed by atoms with Gasteiger partial charge in [-0.1, -0.05) is 31.9 Å². The average molecular weight is 340 g/mol. The van der Waals surface area contributed by atoms with Crippen molar-refractivity contribution in [2.24, 2.45) is 23.7 Å². The normalized spacial score (nSPS) is 15.9. The van der Waals surface area contributed by atoms with Crippen LogP contribution in [0.3, 0.4) is 0 Å². The van der Waals surface area contributed by atoms with Crippen molar-refractivity contribution in [1.82, 2.24) is 0 Å². The average Bonchev–Trinajstić information content (AvgIpc) is 2.45. The standard InChI is InChI=1S/C16H30F2O3S/c1-12(2)14(7-8-22(4)20)11-21-16(19)6-5-13(3)15(9-17)10-18/h12-15H,5-11H2,1-4H3. The van der Waals surface area contributed by atoms with E-state index in [0.29, 0.717) is 24.7 Å². The summed E-state index contributed by atoms with van der Waals surface area (Å²) in [6, 6.07) is 0. The largest absolute Gasteiger partial charge is 0.617 e. The molecule has 3 unspecified atom stereocenters. The van der Waals surface area contributed by atoms with Gasteiger partial charge in [-0.05, 0) is 30.6 Å². The molecule has 3 nitrogen and oxygen atoms in total. The molecular formula is C16H30F2O3S. The zero-order chi connectivity index (χ0) is 17.1. The predicted octanol–water partition coefficient (Wildman–Crippen LogP) is 3.54. The van der Waals surface area contributed by atoms with E-state index in [4.69, 9.17) is 4.74 Å². The molecule has 0 spiro atoms. The molecule has 132 valence electrons. The number of ether oxygens (including phenoxy) is 1. The number of hydrogen-bond acceptors (Lipinski definition) is 3. The van der Waals surface area contributed by atoms with Gasteiger partial charge in [-0.3, -0.25) is 13.6 Å². The van der Waals surface area contributed by atoms with Crippen molar-refractivity contribution in [2.75, 3.05) is 32.0 Å². The second kappa shape index (κ2) is 12.1. The number of halogens is 2. The Morgan fingerprint density at radius 1 is 1.14 bits per heavy atom. The van der Waals surface area contributed by atoms with Crippen LogP contribution in [-0.4, -0.2) is 42.5 Å². The highest BCUT2D eigenvalue weighted by atomic mass is 32.2. The van der Waals surface area contributed by atoms with Crippen molar-refractivity contribution in [1.29, 1.82) is 0 Å². The van der Waals surface area contributed by atoms with Crippen molar-refractivity contribution >= 4 is 17.1 Å². The molecule has 0 N–H and O–H groups in total. The SMILES string of the molecule is CC(C)C(CC[S+](C)[O-])COC(=O)CCC(C)C(CF)CF. The molecule has 0 fully saturated rings. The minimum atomic E-state index is -0.846. The topological polar surface area (TPSA) is 49.4 Å². The Morgan fingerprint density at radius 3 is 2.18 bits per heavy atom. The van der Waals surface area contributed by atoms with E-state index in [1.54, 1.807) is 13.2 Å². The second-order valence-corrected chi connectivity index (χ2v) is 7.89. The summed E-state index contributed by atoms with van der Waals surface area (Å²) in [6.07, 6.45) is 3.04. The molecule has 22 heavy (non-hydrogen) atoms. The van der Waals surface area contributed by atoms with E-state index < -0.39 is 30.4 Å². The fraction of sp³-hybridized carbons (Fsp3) is 0.938. The van der Waals surface area contributed by atoms with Crippen molar-refractivity contribution in [3.05, 3.63) is 0 Å². The summed E-state index contributed by atoms with van der Waals surface area (Å²) < 4.78 is 41.5. The zero-order valence-electron chi connectivity index (χ0n) is 14.1. The van der Waals surface area contributed by atoms with Gasteiger partial charge in [-0.15, -0.1) is 0 Å². The van der Waals surface area contributed by atoms with E-state index >= 15 is 0 Å². The number of rotatable bonds is 12. The molecule has 6 heteroatoms. The van der Waals surface area contributed by atoms with Crippen LogP contribution in [0.2, 0.25) is 0 Å². The van der Waals surface area contributed by atoms with Crippen LogP contribution in [0, 0.1) is 23.7 Å². The monoisotopic (exact) mass is 340 g/mol. The molecule has 0 bridgehead atoms. The minimum absolute atomic E-state index is 0.175. The summed E-state index contributed by atoms with van der Waals surface area (Å²) in [5.41, 5.74) is 0. The molecule has 0 aromatic heterocycles. The first-order chi connectivity index (χ1) is 10.3. The van der Waals surface area contributed by atoms with E-state index in [1.165, 1.54) is 0 Å². The van der Waals surface area contributed by atoms with E-state index in [2.05, 4.69) is 0 Å². The quantitative estimate of drug-likeness (QED) is 0.403. The summed E-state index contributed by atoms with van der Waals surface area (Å²) in [5.74, 6) is 0.00674. The summed E-state index contributed by atoms with van der Waals surface area (Å²) in [7, 11) is 0. The molecular weight excluding hydrogens is 310 g/mol. The highest BCUT2D eigenvalue weighted by molar-refractivity contribution is 7.90. The van der Waals surface area contributed by atoms with E-state index in [0.717, 1.165) is 6.42 Å². The number of esters is 1. The van der Waals surface area contributed by atoms with Crippen LogP contribution in [0.25, 0.3) is 0 Å². The summed E-state index contributed by atoms with van der Waals surface area (Å²) in [6.45, 7) is 4.77. The van der Waals surface area contributed by atoms with Gasteiger partial charge < -0.3 is 9.29 Å². The van der Waals surface area contributed by atoms with Crippen molar-refractivity contribution in [3.8, 4) is 0 Å². The Labute approximate surface area is 136 Å². The fourth-order valence-electron chi connectivity index (χ4n) is 2.13. The molecule has 3 atom stereocenters. The first-order valence-electron chi connectivity index (χ1n) is 7.89. The summed E-state index contributed by atoms with van der Waals surface area (Å²) in [5, 5.41) is 0. The van der Waals surface area contributed by atoms with Crippen molar-refractivity contribution < 1.29 is 22.9 Å². The third kappa shape index (κ3) is 9.62. The maximum Gasteiger partial charge on any atom is 0.305 e. The van der Waals surface area contributed by atoms with E-state index in [1.807, 2.05) is 13.8 Å². The van der Waals surface area contributed by atoms with Crippen LogP contribution in [-0.2, 0) is 20.7 Å². The maximum atomic E-state index is 12.5. The molecule has 0 saturated heterocycles. The lowest BCUT2D eigenvalue weighted by molar-refractivity contribution is -0.146. The lowest BCUT2D eigenvalue weighted by atomic mass is 9.92. The Bertz CT molecular complexity index is 297. The van der Waals surface area contributed by atoms with Crippen LogP contribution in [0.5, 0.6) is 0 Å². The highest BCUT2D eigenvalue weighted by Gasteiger charge is 2.20. The maximum absolute atomic E-state index is 12.5. The van der Waals surface area contributed by atoms with Gasteiger partial charge in [0.05, 0.1) is 26.2 Å². The van der Waals surface area contributed by atoms with Crippen LogP contribution in [0.4, 0.5) is 8.78 Å². The Balaban J connectivity index is 4.08. The minimum Gasteiger partial charge on any atom is -0.617 e. The molecule has 0 aromatic carbocycles. The smallest absolute Gasteiger partial charge is 0.305 e. The zero-order valence-corrected chi connectivity index (χ0v) is 15.0. The number of alkyl halides is 2. The van der Waals surface area contributed by atoms with Gasteiger partial charge in [0.15, 0.2) is 0 Å². The highest BCUT2D eigenvalue weighted by Crippen LogP contribution is 2.20. The van der Waals surface area contributed by atoms with Crippen LogP contribution in [0.1, 0.15) is 40.0 Å². The molecule has 0 aliphatic heterocycles. The predicted molar refractivity (Wildman–Crippen MR) is 86.7 cm³/mol. The number of hydrogen-bond donors (Lipinski definition) is 0. The number of carbonyl (C=O) groups is 1. The first kappa shape index (κ1) is 21.6. The Hall–Kier alpha value is -0.360. The lowest BCUT2D eigenvalue weighted by Crippen LogP contribution is -2.22. The van der Waals surface area contributed by atoms with Gasteiger partial charge in [-0.25, -0.2) is 0 Å². The summed E-state index contributed by atoms with van der Waals surface area (Å²) in [4.78, 5) is 11.7. The Morgan fingerprint density at radius 2 is 1.73 bits per heavy atom. The third-order valence-electron chi connectivity index (χ3n) is 4.18. The van der Waals surface area contributed by atoms with E-state index in [9.17, 15) is 18.1 Å². The fourth-order valence-corrected chi connectivity index (χ4v) is 2.76. The molecule has 0 amide bonds. The molecule has 0 radical (unpaired) electrons. The van der Waals surface area contributed by atoms with Gasteiger partial charge in [0.1, 0.15) is 5.75 Å².